The van der Waals surface area contributed by atoms with E-state index in [2.05, 4.69) is 18.1 Å². The normalized spacial score (nSPS) is 16.2. The van der Waals surface area contributed by atoms with E-state index in [1.165, 1.54) is 27.8 Å². The number of hydroxylamine groups is 2. The molecule has 1 aromatic rings. The van der Waals surface area contributed by atoms with Crippen LogP contribution in [-0.4, -0.2) is 68.9 Å². The number of carbonyl (C=O) groups excluding carboxylic acids is 1. The minimum atomic E-state index is -3.54. The minimum absolute atomic E-state index is 0.109. The molecule has 0 aliphatic carbocycles. The lowest BCUT2D eigenvalue weighted by atomic mass is 9.97. The Kier molecular flexibility index (Phi) is 8.38. The smallest absolute Gasteiger partial charge is 0.252 e. The highest BCUT2D eigenvalue weighted by Crippen LogP contribution is 2.29. The van der Waals surface area contributed by atoms with E-state index in [4.69, 9.17) is 4.84 Å². The van der Waals surface area contributed by atoms with Crippen LogP contribution >= 0.6 is 11.3 Å². The molecule has 1 aromatic heterocycles. The zero-order valence-electron chi connectivity index (χ0n) is 16.5. The fourth-order valence-electron chi connectivity index (χ4n) is 3.19. The summed E-state index contributed by atoms with van der Waals surface area (Å²) in [7, 11) is -0.528. The average molecular weight is 428 g/mol. The van der Waals surface area contributed by atoms with Gasteiger partial charge >= 0.3 is 0 Å². The highest BCUT2D eigenvalue weighted by molar-refractivity contribution is 7.91. The molecule has 0 spiro atoms. The zero-order valence-corrected chi connectivity index (χ0v) is 18.2. The summed E-state index contributed by atoms with van der Waals surface area (Å²) in [5.41, 5.74) is 0. The molecular weight excluding hydrogens is 398 g/mol. The predicted molar refractivity (Wildman–Crippen MR) is 111 cm³/mol. The molecule has 28 heavy (non-hydrogen) atoms. The van der Waals surface area contributed by atoms with Crippen LogP contribution in [0.5, 0.6) is 0 Å². The lowest BCUT2D eigenvalue weighted by Crippen LogP contribution is -2.43. The molecule has 2 heterocycles. The van der Waals surface area contributed by atoms with Gasteiger partial charge in [-0.2, -0.15) is 4.31 Å². The second kappa shape index (κ2) is 10.3. The Labute approximate surface area is 171 Å². The molecule has 0 saturated carbocycles. The third kappa shape index (κ3) is 5.51. The number of nitrogens with zero attached hydrogens (tertiary/aromatic N) is 3. The third-order valence-corrected chi connectivity index (χ3v) is 8.21. The van der Waals surface area contributed by atoms with Crippen molar-refractivity contribution in [1.29, 1.82) is 0 Å². The van der Waals surface area contributed by atoms with Crippen LogP contribution in [0.3, 0.4) is 0 Å². The van der Waals surface area contributed by atoms with Crippen LogP contribution < -0.4 is 0 Å². The second-order valence-electron chi connectivity index (χ2n) is 6.69. The first kappa shape index (κ1) is 22.8. The van der Waals surface area contributed by atoms with Crippen molar-refractivity contribution in [3.8, 4) is 0 Å². The Balaban J connectivity index is 2.02. The fourth-order valence-corrected chi connectivity index (χ4v) is 6.21. The molecule has 1 aliphatic rings. The summed E-state index contributed by atoms with van der Waals surface area (Å²) >= 11 is 1.29. The molecule has 1 fully saturated rings. The second-order valence-corrected chi connectivity index (χ2v) is 10.0. The molecule has 0 radical (unpaired) electrons. The summed E-state index contributed by atoms with van der Waals surface area (Å²) in [6.45, 7) is 10.3. The van der Waals surface area contributed by atoms with Gasteiger partial charge < -0.3 is 0 Å². The monoisotopic (exact) mass is 427 g/mol. The number of carbonyl (C=O) groups is 1. The Hall–Kier alpha value is -1.52. The summed E-state index contributed by atoms with van der Waals surface area (Å²) < 4.78 is 27.8. The number of amides is 1. The maximum atomic E-state index is 13.0. The molecule has 1 aliphatic heterocycles. The molecule has 156 valence electrons. The van der Waals surface area contributed by atoms with E-state index in [0.29, 0.717) is 49.8 Å². The maximum absolute atomic E-state index is 13.0. The van der Waals surface area contributed by atoms with E-state index in [1.54, 1.807) is 13.1 Å². The number of rotatable bonds is 10. The molecule has 1 amide bonds. The van der Waals surface area contributed by atoms with E-state index in [-0.39, 0.29) is 11.8 Å². The van der Waals surface area contributed by atoms with Crippen LogP contribution in [0.2, 0.25) is 0 Å². The fraction of sp³-hybridized carbons (Fsp3) is 0.526. The average Bonchev–Trinajstić information content (AvgIpc) is 3.16. The Morgan fingerprint density at radius 1 is 1.29 bits per heavy atom. The highest BCUT2D eigenvalue weighted by Gasteiger charge is 2.34. The number of sulfonamides is 1. The van der Waals surface area contributed by atoms with Crippen LogP contribution in [-0.2, 0) is 26.2 Å². The van der Waals surface area contributed by atoms with Gasteiger partial charge in [0.2, 0.25) is 5.91 Å². The van der Waals surface area contributed by atoms with Crippen LogP contribution in [0.4, 0.5) is 0 Å². The van der Waals surface area contributed by atoms with Gasteiger partial charge in [0.05, 0.1) is 7.11 Å². The van der Waals surface area contributed by atoms with Gasteiger partial charge in [0.1, 0.15) is 4.21 Å². The van der Waals surface area contributed by atoms with Crippen molar-refractivity contribution in [2.75, 3.05) is 40.3 Å². The number of hydrogen-bond donors (Lipinski definition) is 0. The Bertz CT molecular complexity index is 773. The number of piperidine rings is 1. The van der Waals surface area contributed by atoms with E-state index >= 15 is 0 Å². The molecule has 1 saturated heterocycles. The predicted octanol–water partition coefficient (Wildman–Crippen LogP) is 2.34. The minimum Gasteiger partial charge on any atom is -0.291 e. The lowest BCUT2D eigenvalue weighted by Gasteiger charge is -2.31. The number of hydrogen-bond acceptors (Lipinski definition) is 6. The third-order valence-electron chi connectivity index (χ3n) is 4.77. The van der Waals surface area contributed by atoms with Crippen molar-refractivity contribution in [3.63, 3.8) is 0 Å². The molecular formula is C19H29N3O4S2. The van der Waals surface area contributed by atoms with Crippen LogP contribution in [0.25, 0.3) is 0 Å². The molecule has 0 unspecified atom stereocenters. The van der Waals surface area contributed by atoms with E-state index in [9.17, 15) is 13.2 Å². The van der Waals surface area contributed by atoms with Crippen molar-refractivity contribution in [3.05, 3.63) is 42.3 Å². The number of thiophene rings is 1. The van der Waals surface area contributed by atoms with Gasteiger partial charge in [-0.05, 0) is 25.0 Å². The first-order valence-corrected chi connectivity index (χ1v) is 11.4. The van der Waals surface area contributed by atoms with E-state index in [0.717, 1.165) is 4.88 Å². The largest absolute Gasteiger partial charge is 0.291 e. The summed E-state index contributed by atoms with van der Waals surface area (Å²) in [5, 5.41) is 1.21. The molecule has 0 atom stereocenters. The summed E-state index contributed by atoms with van der Waals surface area (Å²) in [6.07, 6.45) is 4.63. The topological polar surface area (TPSA) is 70.2 Å². The first-order valence-electron chi connectivity index (χ1n) is 9.18. The quantitative estimate of drug-likeness (QED) is 0.423. The van der Waals surface area contributed by atoms with Gasteiger partial charge in [-0.25, -0.2) is 13.5 Å². The van der Waals surface area contributed by atoms with Crippen LogP contribution in [0.15, 0.2) is 41.7 Å². The van der Waals surface area contributed by atoms with Crippen molar-refractivity contribution < 1.29 is 18.0 Å². The summed E-state index contributed by atoms with van der Waals surface area (Å²) in [4.78, 5) is 20.2. The first-order chi connectivity index (χ1) is 13.3. The lowest BCUT2D eigenvalue weighted by molar-refractivity contribution is -0.174. The SMILES string of the molecule is C=CCN(CC=C)Cc1ccc(S(=O)(=O)N2CCC(C(=O)N(C)OC)CC2)s1. The van der Waals surface area contributed by atoms with E-state index in [1.807, 2.05) is 18.2 Å². The summed E-state index contributed by atoms with van der Waals surface area (Å²) in [5.74, 6) is -0.316. The molecule has 0 N–H and O–H groups in total. The van der Waals surface area contributed by atoms with Crippen LogP contribution in [0, 0.1) is 5.92 Å². The highest BCUT2D eigenvalue weighted by atomic mass is 32.2. The summed E-state index contributed by atoms with van der Waals surface area (Å²) in [6, 6.07) is 3.53. The van der Waals surface area contributed by atoms with Gasteiger partial charge in [0.15, 0.2) is 0 Å². The van der Waals surface area contributed by atoms with Crippen molar-refractivity contribution in [2.45, 2.75) is 23.6 Å². The van der Waals surface area contributed by atoms with Crippen molar-refractivity contribution in [1.82, 2.24) is 14.3 Å². The molecule has 2 rings (SSSR count). The van der Waals surface area contributed by atoms with Gasteiger partial charge in [0, 0.05) is 50.6 Å². The van der Waals surface area contributed by atoms with Gasteiger partial charge in [-0.1, -0.05) is 12.2 Å². The maximum Gasteiger partial charge on any atom is 0.252 e. The molecule has 9 heteroatoms. The molecule has 7 nitrogen and oxygen atoms in total. The van der Waals surface area contributed by atoms with Gasteiger partial charge in [0.25, 0.3) is 10.0 Å². The van der Waals surface area contributed by atoms with Crippen molar-refractivity contribution >= 4 is 27.3 Å². The van der Waals surface area contributed by atoms with E-state index < -0.39 is 10.0 Å². The zero-order chi connectivity index (χ0) is 20.7. The Morgan fingerprint density at radius 2 is 1.89 bits per heavy atom. The molecule has 0 aromatic carbocycles. The standard InChI is InChI=1S/C19H29N3O4S2/c1-5-11-21(12-6-2)15-17-7-8-18(27-17)28(24,25)22-13-9-16(10-14-22)19(23)20(3)26-4/h5-8,16H,1-2,9-15H2,3-4H3. The van der Waals surface area contributed by atoms with Gasteiger partial charge in [-0.15, -0.1) is 24.5 Å². The Morgan fingerprint density at radius 3 is 2.43 bits per heavy atom. The van der Waals surface area contributed by atoms with Gasteiger partial charge in [-0.3, -0.25) is 14.5 Å². The van der Waals surface area contributed by atoms with Crippen LogP contribution in [0.1, 0.15) is 17.7 Å². The molecule has 0 bridgehead atoms. The van der Waals surface area contributed by atoms with Crippen molar-refractivity contribution in [2.24, 2.45) is 5.92 Å².